The molecule has 0 amide bonds. The van der Waals surface area contributed by atoms with E-state index in [9.17, 15) is 0 Å². The van der Waals surface area contributed by atoms with Gasteiger partial charge in [-0.15, -0.1) is 0 Å². The lowest BCUT2D eigenvalue weighted by atomic mass is 10.0. The molecule has 16 heavy (non-hydrogen) atoms. The largest absolute Gasteiger partial charge is 0.396 e. The Morgan fingerprint density at radius 3 is 2.88 bits per heavy atom. The highest BCUT2D eigenvalue weighted by molar-refractivity contribution is 6.30. The Morgan fingerprint density at radius 2 is 2.25 bits per heavy atom. The van der Waals surface area contributed by atoms with Crippen LogP contribution in [0.15, 0.2) is 24.3 Å². The van der Waals surface area contributed by atoms with E-state index in [0.29, 0.717) is 5.92 Å². The molecule has 2 nitrogen and oxygen atoms in total. The summed E-state index contributed by atoms with van der Waals surface area (Å²) in [4.78, 5) is 0. The van der Waals surface area contributed by atoms with Gasteiger partial charge in [-0.05, 0) is 36.6 Å². The van der Waals surface area contributed by atoms with E-state index in [-0.39, 0.29) is 6.61 Å². The molecule has 90 valence electrons. The summed E-state index contributed by atoms with van der Waals surface area (Å²) in [5, 5.41) is 13.0. The number of hydrogen-bond donors (Lipinski definition) is 2. The quantitative estimate of drug-likeness (QED) is 0.770. The monoisotopic (exact) mass is 241 g/mol. The van der Waals surface area contributed by atoms with E-state index in [0.717, 1.165) is 31.0 Å². The van der Waals surface area contributed by atoms with Gasteiger partial charge in [0.1, 0.15) is 0 Å². The highest BCUT2D eigenvalue weighted by atomic mass is 35.5. The summed E-state index contributed by atoms with van der Waals surface area (Å²) in [5.74, 6) is 0.559. The molecule has 2 N–H and O–H groups in total. The SMILES string of the molecule is CCC(CCO)CNCc1cccc(Cl)c1. The standard InChI is InChI=1S/C13H20ClNO/c1-2-11(6-7-16)9-15-10-12-4-3-5-13(14)8-12/h3-5,8,11,15-16H,2,6-7,9-10H2,1H3. The molecular weight excluding hydrogens is 222 g/mol. The Balaban J connectivity index is 2.29. The fourth-order valence-corrected chi connectivity index (χ4v) is 1.91. The zero-order chi connectivity index (χ0) is 11.8. The average Bonchev–Trinajstić information content (AvgIpc) is 2.28. The second-order valence-corrected chi connectivity index (χ2v) is 4.48. The van der Waals surface area contributed by atoms with Gasteiger partial charge in [0, 0.05) is 18.2 Å². The van der Waals surface area contributed by atoms with Crippen LogP contribution in [0.2, 0.25) is 5.02 Å². The van der Waals surface area contributed by atoms with Crippen LogP contribution < -0.4 is 5.32 Å². The number of aliphatic hydroxyl groups is 1. The van der Waals surface area contributed by atoms with E-state index in [1.165, 1.54) is 5.56 Å². The van der Waals surface area contributed by atoms with E-state index in [2.05, 4.69) is 18.3 Å². The van der Waals surface area contributed by atoms with Gasteiger partial charge in [-0.3, -0.25) is 0 Å². The fourth-order valence-electron chi connectivity index (χ4n) is 1.70. The first kappa shape index (κ1) is 13.5. The van der Waals surface area contributed by atoms with Gasteiger partial charge in [0.05, 0.1) is 0 Å². The summed E-state index contributed by atoms with van der Waals surface area (Å²) < 4.78 is 0. The Hall–Kier alpha value is -0.570. The molecule has 0 heterocycles. The molecule has 1 atom stereocenters. The Morgan fingerprint density at radius 1 is 1.44 bits per heavy atom. The lowest BCUT2D eigenvalue weighted by Gasteiger charge is -2.14. The van der Waals surface area contributed by atoms with Gasteiger partial charge in [0.2, 0.25) is 0 Å². The first-order valence-corrected chi connectivity index (χ1v) is 6.20. The third-order valence-electron chi connectivity index (χ3n) is 2.77. The van der Waals surface area contributed by atoms with Crippen LogP contribution in [-0.4, -0.2) is 18.3 Å². The van der Waals surface area contributed by atoms with Crippen molar-refractivity contribution in [2.75, 3.05) is 13.2 Å². The Kier molecular flexibility index (Phi) is 6.46. The number of halogens is 1. The third kappa shape index (κ3) is 4.97. The molecule has 0 aliphatic heterocycles. The summed E-state index contributed by atoms with van der Waals surface area (Å²) in [6, 6.07) is 7.88. The molecule has 0 aliphatic carbocycles. The second-order valence-electron chi connectivity index (χ2n) is 4.05. The van der Waals surface area contributed by atoms with Crippen LogP contribution in [0.25, 0.3) is 0 Å². The van der Waals surface area contributed by atoms with E-state index >= 15 is 0 Å². The highest BCUT2D eigenvalue weighted by Gasteiger charge is 2.04. The van der Waals surface area contributed by atoms with Crippen LogP contribution in [0.1, 0.15) is 25.3 Å². The van der Waals surface area contributed by atoms with Gasteiger partial charge in [0.25, 0.3) is 0 Å². The van der Waals surface area contributed by atoms with Crippen LogP contribution in [0.5, 0.6) is 0 Å². The highest BCUT2D eigenvalue weighted by Crippen LogP contribution is 2.11. The molecule has 0 aliphatic rings. The molecule has 0 saturated heterocycles. The van der Waals surface area contributed by atoms with Crippen LogP contribution >= 0.6 is 11.6 Å². The summed E-state index contributed by atoms with van der Waals surface area (Å²) in [6.45, 7) is 4.21. The second kappa shape index (κ2) is 7.66. The van der Waals surface area contributed by atoms with Gasteiger partial charge in [-0.1, -0.05) is 37.1 Å². The van der Waals surface area contributed by atoms with Gasteiger partial charge in [0.15, 0.2) is 0 Å². The summed E-state index contributed by atoms with van der Waals surface area (Å²) >= 11 is 5.90. The summed E-state index contributed by atoms with van der Waals surface area (Å²) in [5.41, 5.74) is 1.20. The van der Waals surface area contributed by atoms with Crippen molar-refractivity contribution in [1.82, 2.24) is 5.32 Å². The predicted octanol–water partition coefficient (Wildman–Crippen LogP) is 2.84. The molecule has 1 unspecified atom stereocenters. The van der Waals surface area contributed by atoms with Crippen molar-refractivity contribution in [3.8, 4) is 0 Å². The molecule has 1 aromatic rings. The number of nitrogens with one attached hydrogen (secondary N) is 1. The van der Waals surface area contributed by atoms with Crippen LogP contribution in [-0.2, 0) is 6.54 Å². The maximum absolute atomic E-state index is 8.88. The Bertz CT molecular complexity index is 304. The molecule has 1 rings (SSSR count). The molecule has 0 saturated carbocycles. The molecule has 0 fully saturated rings. The summed E-state index contributed by atoms with van der Waals surface area (Å²) in [7, 11) is 0. The normalized spacial score (nSPS) is 12.7. The lowest BCUT2D eigenvalue weighted by Crippen LogP contribution is -2.22. The number of hydrogen-bond acceptors (Lipinski definition) is 2. The topological polar surface area (TPSA) is 32.3 Å². The number of aliphatic hydroxyl groups excluding tert-OH is 1. The van der Waals surface area contributed by atoms with Crippen molar-refractivity contribution >= 4 is 11.6 Å². The van der Waals surface area contributed by atoms with Crippen LogP contribution in [0, 0.1) is 5.92 Å². The van der Waals surface area contributed by atoms with E-state index in [1.807, 2.05) is 18.2 Å². The number of rotatable bonds is 7. The zero-order valence-electron chi connectivity index (χ0n) is 9.75. The minimum Gasteiger partial charge on any atom is -0.396 e. The van der Waals surface area contributed by atoms with Gasteiger partial charge in [-0.2, -0.15) is 0 Å². The first-order chi connectivity index (χ1) is 7.76. The molecule has 0 bridgehead atoms. The first-order valence-electron chi connectivity index (χ1n) is 5.82. The predicted molar refractivity (Wildman–Crippen MR) is 68.6 cm³/mol. The molecule has 3 heteroatoms. The summed E-state index contributed by atoms with van der Waals surface area (Å²) in [6.07, 6.45) is 1.97. The maximum atomic E-state index is 8.88. The van der Waals surface area contributed by atoms with Crippen molar-refractivity contribution in [2.24, 2.45) is 5.92 Å². The minimum absolute atomic E-state index is 0.275. The van der Waals surface area contributed by atoms with E-state index in [1.54, 1.807) is 0 Å². The fraction of sp³-hybridized carbons (Fsp3) is 0.538. The lowest BCUT2D eigenvalue weighted by molar-refractivity contribution is 0.251. The van der Waals surface area contributed by atoms with Gasteiger partial charge < -0.3 is 10.4 Å². The number of benzene rings is 1. The van der Waals surface area contributed by atoms with Crippen LogP contribution in [0.4, 0.5) is 0 Å². The molecule has 0 aromatic heterocycles. The minimum atomic E-state index is 0.275. The smallest absolute Gasteiger partial charge is 0.0434 e. The molecule has 0 radical (unpaired) electrons. The van der Waals surface area contributed by atoms with Gasteiger partial charge >= 0.3 is 0 Å². The van der Waals surface area contributed by atoms with Gasteiger partial charge in [-0.25, -0.2) is 0 Å². The average molecular weight is 242 g/mol. The third-order valence-corrected chi connectivity index (χ3v) is 3.00. The van der Waals surface area contributed by atoms with Crippen molar-refractivity contribution in [1.29, 1.82) is 0 Å². The van der Waals surface area contributed by atoms with E-state index < -0.39 is 0 Å². The zero-order valence-corrected chi connectivity index (χ0v) is 10.5. The maximum Gasteiger partial charge on any atom is 0.0434 e. The van der Waals surface area contributed by atoms with Crippen molar-refractivity contribution < 1.29 is 5.11 Å². The van der Waals surface area contributed by atoms with Crippen molar-refractivity contribution in [3.63, 3.8) is 0 Å². The molecule has 1 aromatic carbocycles. The Labute approximate surface area is 103 Å². The molecule has 0 spiro atoms. The van der Waals surface area contributed by atoms with Crippen molar-refractivity contribution in [2.45, 2.75) is 26.3 Å². The molecular formula is C13H20ClNO. The van der Waals surface area contributed by atoms with Crippen molar-refractivity contribution in [3.05, 3.63) is 34.9 Å². The van der Waals surface area contributed by atoms with Crippen LogP contribution in [0.3, 0.4) is 0 Å². The van der Waals surface area contributed by atoms with E-state index in [4.69, 9.17) is 16.7 Å².